The molecule has 0 fully saturated rings. The Balaban J connectivity index is -0.0000000185. The standard InChI is InChI=1S/C2H2O4.C2H4O2.Li.H3N.Nb.H/c3-1(4)2(5)6;1-2(3)4;;;;/h(H,3,4)(H,5,6);1H3,(H,3,4);;1H3;;/q;;+1;;;-1. The minimum Gasteiger partial charge on any atom is -1.00 e. The van der Waals surface area contributed by atoms with Crippen LogP contribution in [0, 0.1) is 0 Å². The Kier molecular flexibility index (Phi) is 39.9. The predicted octanol–water partition coefficient (Wildman–Crippen LogP) is -3.48. The van der Waals surface area contributed by atoms with Gasteiger partial charge in [0.2, 0.25) is 0 Å². The Hall–Kier alpha value is -0.292. The van der Waals surface area contributed by atoms with E-state index in [9.17, 15) is 0 Å². The van der Waals surface area contributed by atoms with Gasteiger partial charge in [0.1, 0.15) is 0 Å². The number of rotatable bonds is 0. The minimum atomic E-state index is -1.82. The van der Waals surface area contributed by atoms with Gasteiger partial charge in [0.15, 0.2) is 0 Å². The average Bonchev–Trinajstić information content (AvgIpc) is 1.63. The first-order chi connectivity index (χ1) is 4.37. The molecule has 0 aliphatic rings. The maximum Gasteiger partial charge on any atom is 1.00 e. The molecule has 0 aromatic rings. The minimum absolute atomic E-state index is 0. The second-order valence-corrected chi connectivity index (χ2v) is 1.13. The Morgan fingerprint density at radius 3 is 1.08 bits per heavy atom. The van der Waals surface area contributed by atoms with Crippen LogP contribution < -0.4 is 25.0 Å². The summed E-state index contributed by atoms with van der Waals surface area (Å²) >= 11 is 0. The molecule has 7 nitrogen and oxygen atoms in total. The van der Waals surface area contributed by atoms with E-state index in [-0.39, 0.29) is 48.8 Å². The molecule has 0 unspecified atom stereocenters. The SMILES string of the molecule is CC(=O)O.N.O=C(O)C(=O)O.[H-].[Li+].[Nb]. The molecule has 0 saturated carbocycles. The summed E-state index contributed by atoms with van der Waals surface area (Å²) in [5.41, 5.74) is 0. The van der Waals surface area contributed by atoms with Crippen molar-refractivity contribution in [2.45, 2.75) is 6.92 Å². The van der Waals surface area contributed by atoms with Gasteiger partial charge in [-0.15, -0.1) is 0 Å². The molecule has 0 saturated heterocycles. The zero-order valence-corrected chi connectivity index (χ0v) is 9.42. The second kappa shape index (κ2) is 17.7. The van der Waals surface area contributed by atoms with E-state index in [2.05, 4.69) is 0 Å². The smallest absolute Gasteiger partial charge is 1.00 e. The van der Waals surface area contributed by atoms with Crippen molar-refractivity contribution >= 4 is 17.9 Å². The van der Waals surface area contributed by atoms with Gasteiger partial charge < -0.3 is 22.9 Å². The van der Waals surface area contributed by atoms with Crippen molar-refractivity contribution in [1.82, 2.24) is 6.15 Å². The first kappa shape index (κ1) is 29.3. The summed E-state index contributed by atoms with van der Waals surface area (Å²) in [5, 5.41) is 22.2. The summed E-state index contributed by atoms with van der Waals surface area (Å²) in [6, 6.07) is 0. The molecule has 0 aliphatic carbocycles. The molecule has 0 heterocycles. The number of hydrogen-bond acceptors (Lipinski definition) is 4. The Morgan fingerprint density at radius 1 is 1.00 bits per heavy atom. The summed E-state index contributed by atoms with van der Waals surface area (Å²) in [6.07, 6.45) is 0. The first-order valence-corrected chi connectivity index (χ1v) is 2.03. The molecule has 0 aromatic carbocycles. The van der Waals surface area contributed by atoms with E-state index in [1.54, 1.807) is 0 Å². The Labute approximate surface area is 103 Å². The fourth-order valence-corrected chi connectivity index (χ4v) is 0. The van der Waals surface area contributed by atoms with Crippen LogP contribution in [-0.2, 0) is 36.8 Å². The van der Waals surface area contributed by atoms with E-state index < -0.39 is 17.9 Å². The maximum atomic E-state index is 9.10. The fraction of sp³-hybridized carbons (Fsp3) is 0.250. The van der Waals surface area contributed by atoms with Crippen molar-refractivity contribution in [3.05, 3.63) is 0 Å². The van der Waals surface area contributed by atoms with Crippen molar-refractivity contribution in [1.29, 1.82) is 0 Å². The van der Waals surface area contributed by atoms with Gasteiger partial charge in [0.05, 0.1) is 0 Å². The Morgan fingerprint density at radius 2 is 1.08 bits per heavy atom. The van der Waals surface area contributed by atoms with Gasteiger partial charge in [-0.1, -0.05) is 0 Å². The molecule has 13 heavy (non-hydrogen) atoms. The van der Waals surface area contributed by atoms with E-state index in [0.29, 0.717) is 0 Å². The van der Waals surface area contributed by atoms with Crippen LogP contribution in [0.15, 0.2) is 0 Å². The number of carbonyl (C=O) groups is 3. The summed E-state index contributed by atoms with van der Waals surface area (Å²) < 4.78 is 0. The van der Waals surface area contributed by atoms with E-state index >= 15 is 0 Å². The summed E-state index contributed by atoms with van der Waals surface area (Å²) in [5.74, 6) is -4.48. The van der Waals surface area contributed by atoms with Crippen molar-refractivity contribution in [3.8, 4) is 0 Å². The predicted molar refractivity (Wildman–Crippen MR) is 34.7 cm³/mol. The van der Waals surface area contributed by atoms with Crippen molar-refractivity contribution in [2.24, 2.45) is 0 Å². The number of carboxylic acids is 3. The zero-order chi connectivity index (χ0) is 8.73. The molecule has 0 aromatic heterocycles. The molecular weight excluding hydrogens is 258 g/mol. The van der Waals surface area contributed by atoms with Crippen LogP contribution in [0.1, 0.15) is 8.35 Å². The van der Waals surface area contributed by atoms with Gasteiger partial charge in [0, 0.05) is 29.3 Å². The topological polar surface area (TPSA) is 147 Å². The van der Waals surface area contributed by atoms with E-state index in [1.807, 2.05) is 0 Å². The molecule has 6 N–H and O–H groups in total. The van der Waals surface area contributed by atoms with Crippen LogP contribution >= 0.6 is 0 Å². The third-order valence-electron chi connectivity index (χ3n) is 0.183. The van der Waals surface area contributed by atoms with Gasteiger partial charge in [-0.3, -0.25) is 4.79 Å². The van der Waals surface area contributed by atoms with Crippen molar-refractivity contribution in [3.63, 3.8) is 0 Å². The summed E-state index contributed by atoms with van der Waals surface area (Å²) in [7, 11) is 0. The summed E-state index contributed by atoms with van der Waals surface area (Å²) in [6.45, 7) is 1.08. The molecule has 1 radical (unpaired) electrons. The summed E-state index contributed by atoms with van der Waals surface area (Å²) in [4.78, 5) is 27.2. The van der Waals surface area contributed by atoms with Gasteiger partial charge in [0.25, 0.3) is 5.97 Å². The van der Waals surface area contributed by atoms with E-state index in [0.717, 1.165) is 6.92 Å². The van der Waals surface area contributed by atoms with Crippen LogP contribution in [0.2, 0.25) is 0 Å². The largest absolute Gasteiger partial charge is 1.00 e. The van der Waals surface area contributed by atoms with Gasteiger partial charge in [-0.2, -0.15) is 0 Å². The van der Waals surface area contributed by atoms with E-state index in [1.165, 1.54) is 0 Å². The van der Waals surface area contributed by atoms with Crippen molar-refractivity contribution < 1.29 is 72.4 Å². The third-order valence-corrected chi connectivity index (χ3v) is 0.183. The molecular formula is C4H10LiNNbO6. The normalized spacial score (nSPS) is 5.31. The molecule has 0 spiro atoms. The average molecular weight is 268 g/mol. The quantitative estimate of drug-likeness (QED) is 0.263. The maximum absolute atomic E-state index is 9.10. The van der Waals surface area contributed by atoms with Crippen LogP contribution in [-0.4, -0.2) is 33.2 Å². The zero-order valence-electron chi connectivity index (χ0n) is 8.22. The second-order valence-electron chi connectivity index (χ2n) is 1.13. The first-order valence-electron chi connectivity index (χ1n) is 2.03. The number of carboxylic acid groups (broad SMARTS) is 3. The van der Waals surface area contributed by atoms with E-state index in [4.69, 9.17) is 29.7 Å². The van der Waals surface area contributed by atoms with Gasteiger partial charge >= 0.3 is 30.8 Å². The molecule has 0 aliphatic heterocycles. The van der Waals surface area contributed by atoms with Crippen LogP contribution in [0.3, 0.4) is 0 Å². The fourth-order valence-electron chi connectivity index (χ4n) is 0. The van der Waals surface area contributed by atoms with Gasteiger partial charge in [-0.05, 0) is 0 Å². The monoisotopic (exact) mass is 268 g/mol. The molecule has 0 amide bonds. The molecule has 9 heteroatoms. The molecule has 0 atom stereocenters. The Bertz CT molecular complexity index is 152. The molecule has 0 bridgehead atoms. The molecule has 73 valence electrons. The number of hydrogen-bond donors (Lipinski definition) is 4. The van der Waals surface area contributed by atoms with Crippen LogP contribution in [0.5, 0.6) is 0 Å². The third kappa shape index (κ3) is 80.3. The van der Waals surface area contributed by atoms with Gasteiger partial charge in [-0.25, -0.2) is 9.59 Å². The van der Waals surface area contributed by atoms with Crippen LogP contribution in [0.4, 0.5) is 0 Å². The van der Waals surface area contributed by atoms with Crippen LogP contribution in [0.25, 0.3) is 0 Å². The molecule has 0 rings (SSSR count). The number of aliphatic carboxylic acids is 3. The van der Waals surface area contributed by atoms with Crippen molar-refractivity contribution in [2.75, 3.05) is 0 Å².